The summed E-state index contributed by atoms with van der Waals surface area (Å²) in [7, 11) is -3.67. The molecular formula is C15H16ClFN2O3S2. The van der Waals surface area contributed by atoms with E-state index in [0.717, 1.165) is 11.3 Å². The zero-order valence-corrected chi connectivity index (χ0v) is 15.2. The fourth-order valence-electron chi connectivity index (χ4n) is 2.01. The van der Waals surface area contributed by atoms with Crippen LogP contribution >= 0.6 is 22.9 Å². The molecular weight excluding hydrogens is 375 g/mol. The number of sulfonamides is 1. The summed E-state index contributed by atoms with van der Waals surface area (Å²) >= 11 is 6.68. The maximum atomic E-state index is 13.7. The van der Waals surface area contributed by atoms with Crippen LogP contribution in [0.2, 0.25) is 4.34 Å². The van der Waals surface area contributed by atoms with Gasteiger partial charge in [-0.25, -0.2) is 17.5 Å². The van der Waals surface area contributed by atoms with E-state index in [1.165, 1.54) is 30.0 Å². The van der Waals surface area contributed by atoms with Crippen LogP contribution < -0.4 is 4.72 Å². The molecule has 1 N–H and O–H groups in total. The molecule has 0 saturated carbocycles. The number of hydrogen-bond donors (Lipinski definition) is 1. The highest BCUT2D eigenvalue weighted by atomic mass is 35.5. The SMILES string of the molecule is CC(=O)N(CCNS(=O)(=O)c1ccc(Cl)s1)Cc1ccccc1F. The number of halogens is 2. The number of carbonyl (C=O) groups excluding carboxylic acids is 1. The maximum absolute atomic E-state index is 13.7. The van der Waals surface area contributed by atoms with E-state index in [1.807, 2.05) is 0 Å². The molecule has 0 aliphatic rings. The van der Waals surface area contributed by atoms with Crippen LogP contribution in [0.1, 0.15) is 12.5 Å². The van der Waals surface area contributed by atoms with Crippen LogP contribution in [0.4, 0.5) is 4.39 Å². The van der Waals surface area contributed by atoms with Gasteiger partial charge in [0.1, 0.15) is 10.0 Å². The number of amides is 1. The van der Waals surface area contributed by atoms with Crippen LogP contribution in [0.15, 0.2) is 40.6 Å². The van der Waals surface area contributed by atoms with Crippen molar-refractivity contribution in [3.63, 3.8) is 0 Å². The summed E-state index contributed by atoms with van der Waals surface area (Å²) in [4.78, 5) is 13.1. The lowest BCUT2D eigenvalue weighted by Crippen LogP contribution is -2.37. The van der Waals surface area contributed by atoms with E-state index in [9.17, 15) is 17.6 Å². The average molecular weight is 391 g/mol. The minimum Gasteiger partial charge on any atom is -0.337 e. The van der Waals surface area contributed by atoms with Crippen LogP contribution in [0, 0.1) is 5.82 Å². The molecule has 1 aromatic heterocycles. The molecule has 24 heavy (non-hydrogen) atoms. The van der Waals surface area contributed by atoms with Gasteiger partial charge in [-0.1, -0.05) is 29.8 Å². The number of carbonyl (C=O) groups is 1. The Morgan fingerprint density at radius 3 is 2.58 bits per heavy atom. The van der Waals surface area contributed by atoms with Crippen molar-refractivity contribution in [1.29, 1.82) is 0 Å². The van der Waals surface area contributed by atoms with Crippen LogP contribution in [-0.2, 0) is 21.4 Å². The van der Waals surface area contributed by atoms with Crippen LogP contribution in [-0.4, -0.2) is 32.3 Å². The molecule has 1 amide bonds. The van der Waals surface area contributed by atoms with E-state index >= 15 is 0 Å². The van der Waals surface area contributed by atoms with E-state index in [2.05, 4.69) is 4.72 Å². The number of hydrogen-bond acceptors (Lipinski definition) is 4. The van der Waals surface area contributed by atoms with Crippen LogP contribution in [0.25, 0.3) is 0 Å². The third kappa shape index (κ3) is 5.01. The van der Waals surface area contributed by atoms with Crippen molar-refractivity contribution in [2.45, 2.75) is 17.7 Å². The third-order valence-electron chi connectivity index (χ3n) is 3.25. The summed E-state index contributed by atoms with van der Waals surface area (Å²) in [6, 6.07) is 9.06. The average Bonchev–Trinajstić information content (AvgIpc) is 2.95. The highest BCUT2D eigenvalue weighted by Gasteiger charge is 2.18. The number of benzene rings is 1. The number of nitrogens with one attached hydrogen (secondary N) is 1. The molecule has 0 radical (unpaired) electrons. The van der Waals surface area contributed by atoms with Crippen LogP contribution in [0.5, 0.6) is 0 Å². The van der Waals surface area contributed by atoms with E-state index in [-0.39, 0.29) is 29.8 Å². The lowest BCUT2D eigenvalue weighted by atomic mass is 10.2. The molecule has 0 aliphatic carbocycles. The van der Waals surface area contributed by atoms with Crippen molar-refractivity contribution in [3.8, 4) is 0 Å². The third-order valence-corrected chi connectivity index (χ3v) is 6.44. The van der Waals surface area contributed by atoms with Gasteiger partial charge in [0, 0.05) is 32.1 Å². The second-order valence-corrected chi connectivity index (χ2v) is 8.70. The van der Waals surface area contributed by atoms with Gasteiger partial charge in [-0.2, -0.15) is 0 Å². The minimum atomic E-state index is -3.67. The topological polar surface area (TPSA) is 66.5 Å². The van der Waals surface area contributed by atoms with E-state index in [1.54, 1.807) is 18.2 Å². The van der Waals surface area contributed by atoms with Crippen LogP contribution in [0.3, 0.4) is 0 Å². The first-order valence-electron chi connectivity index (χ1n) is 7.03. The first-order chi connectivity index (χ1) is 11.3. The Kier molecular flexibility index (Phi) is 6.34. The summed E-state index contributed by atoms with van der Waals surface area (Å²) in [6.07, 6.45) is 0. The van der Waals surface area contributed by atoms with E-state index < -0.39 is 15.8 Å². The molecule has 130 valence electrons. The van der Waals surface area contributed by atoms with Gasteiger partial charge in [-0.05, 0) is 18.2 Å². The van der Waals surface area contributed by atoms with Gasteiger partial charge in [0.25, 0.3) is 0 Å². The molecule has 0 bridgehead atoms. The first kappa shape index (κ1) is 18.9. The summed E-state index contributed by atoms with van der Waals surface area (Å²) in [6.45, 7) is 1.58. The number of nitrogens with zero attached hydrogens (tertiary/aromatic N) is 1. The smallest absolute Gasteiger partial charge is 0.250 e. The second-order valence-electron chi connectivity index (χ2n) is 4.99. The Morgan fingerprint density at radius 1 is 1.29 bits per heavy atom. The zero-order chi connectivity index (χ0) is 17.7. The van der Waals surface area contributed by atoms with Gasteiger partial charge in [-0.3, -0.25) is 4.79 Å². The summed E-state index contributed by atoms with van der Waals surface area (Å²) in [5.41, 5.74) is 0.376. The monoisotopic (exact) mass is 390 g/mol. The Hall–Kier alpha value is -1.48. The molecule has 0 atom stereocenters. The summed E-state index contributed by atoms with van der Waals surface area (Å²) in [5, 5.41) is 0. The molecule has 0 aliphatic heterocycles. The molecule has 2 aromatic rings. The fourth-order valence-corrected chi connectivity index (χ4v) is 4.56. The van der Waals surface area contributed by atoms with Crippen molar-refractivity contribution in [2.75, 3.05) is 13.1 Å². The van der Waals surface area contributed by atoms with Gasteiger partial charge in [0.05, 0.1) is 4.34 Å². The van der Waals surface area contributed by atoms with Gasteiger partial charge >= 0.3 is 0 Å². The molecule has 1 heterocycles. The highest BCUT2D eigenvalue weighted by molar-refractivity contribution is 7.91. The molecule has 5 nitrogen and oxygen atoms in total. The number of rotatable bonds is 7. The highest BCUT2D eigenvalue weighted by Crippen LogP contribution is 2.25. The van der Waals surface area contributed by atoms with Gasteiger partial charge in [-0.15, -0.1) is 11.3 Å². The van der Waals surface area contributed by atoms with Crippen molar-refractivity contribution < 1.29 is 17.6 Å². The van der Waals surface area contributed by atoms with Crippen molar-refractivity contribution in [1.82, 2.24) is 9.62 Å². The molecule has 0 spiro atoms. The van der Waals surface area contributed by atoms with E-state index in [0.29, 0.717) is 9.90 Å². The summed E-state index contributed by atoms with van der Waals surface area (Å²) in [5.74, 6) is -0.672. The Labute approximate surface area is 149 Å². The maximum Gasteiger partial charge on any atom is 0.250 e. The Balaban J connectivity index is 1.97. The number of thiophene rings is 1. The first-order valence-corrected chi connectivity index (χ1v) is 9.71. The predicted molar refractivity (Wildman–Crippen MR) is 92.0 cm³/mol. The second kappa shape index (κ2) is 8.06. The largest absolute Gasteiger partial charge is 0.337 e. The molecule has 0 fully saturated rings. The lowest BCUT2D eigenvalue weighted by molar-refractivity contribution is -0.129. The van der Waals surface area contributed by atoms with E-state index in [4.69, 9.17) is 11.6 Å². The minimum absolute atomic E-state index is 0.0197. The standard InChI is InChI=1S/C15H16ClFN2O3S2/c1-11(20)19(10-12-4-2-3-5-13(12)17)9-8-18-24(21,22)15-7-6-14(16)23-15/h2-7,18H,8-10H2,1H3. The van der Waals surface area contributed by atoms with Crippen molar-refractivity contribution in [3.05, 3.63) is 52.1 Å². The zero-order valence-electron chi connectivity index (χ0n) is 12.8. The fraction of sp³-hybridized carbons (Fsp3) is 0.267. The Bertz CT molecular complexity index is 824. The quantitative estimate of drug-likeness (QED) is 0.790. The molecule has 0 unspecified atom stereocenters. The van der Waals surface area contributed by atoms with Gasteiger partial charge in [0.15, 0.2) is 0 Å². The van der Waals surface area contributed by atoms with Gasteiger partial charge in [0.2, 0.25) is 15.9 Å². The molecule has 1 aromatic carbocycles. The molecule has 2 rings (SSSR count). The van der Waals surface area contributed by atoms with Crippen molar-refractivity contribution in [2.24, 2.45) is 0 Å². The summed E-state index contributed by atoms with van der Waals surface area (Å²) < 4.78 is 40.8. The predicted octanol–water partition coefficient (Wildman–Crippen LogP) is 2.87. The van der Waals surface area contributed by atoms with Gasteiger partial charge < -0.3 is 4.90 Å². The Morgan fingerprint density at radius 2 is 2.00 bits per heavy atom. The lowest BCUT2D eigenvalue weighted by Gasteiger charge is -2.21. The molecule has 9 heteroatoms. The molecule has 0 saturated heterocycles. The normalized spacial score (nSPS) is 11.5. The van der Waals surface area contributed by atoms with Crippen molar-refractivity contribution >= 4 is 38.9 Å².